The molecule has 2 fully saturated rings. The van der Waals surface area contributed by atoms with Gasteiger partial charge >= 0.3 is 0 Å². The van der Waals surface area contributed by atoms with E-state index in [-0.39, 0.29) is 11.9 Å². The first-order valence-corrected chi connectivity index (χ1v) is 11.2. The lowest BCUT2D eigenvalue weighted by molar-refractivity contribution is 0.0723. The minimum atomic E-state index is 0.135. The molecule has 5 heteroatoms. The van der Waals surface area contributed by atoms with Gasteiger partial charge in [0.1, 0.15) is 0 Å². The summed E-state index contributed by atoms with van der Waals surface area (Å²) in [4.78, 5) is 21.5. The Hall–Kier alpha value is -1.91. The van der Waals surface area contributed by atoms with Crippen LogP contribution in [0.5, 0.6) is 0 Å². The summed E-state index contributed by atoms with van der Waals surface area (Å²) in [5.74, 6) is 0.820. The second-order valence-electron chi connectivity index (χ2n) is 8.94. The lowest BCUT2D eigenvalue weighted by atomic mass is 9.88. The van der Waals surface area contributed by atoms with Crippen LogP contribution in [0, 0.1) is 5.92 Å². The van der Waals surface area contributed by atoms with E-state index in [1.807, 2.05) is 18.5 Å². The first-order chi connectivity index (χ1) is 14.1. The summed E-state index contributed by atoms with van der Waals surface area (Å²) in [5.41, 5.74) is 4.52. The zero-order valence-corrected chi connectivity index (χ0v) is 17.7. The van der Waals surface area contributed by atoms with Crippen molar-refractivity contribution in [2.75, 3.05) is 13.1 Å². The summed E-state index contributed by atoms with van der Waals surface area (Å²) in [6, 6.07) is 9.09. The molecule has 3 heterocycles. The zero-order valence-electron chi connectivity index (χ0n) is 17.0. The van der Waals surface area contributed by atoms with Crippen LogP contribution in [0.2, 0.25) is 5.02 Å². The highest BCUT2D eigenvalue weighted by molar-refractivity contribution is 6.34. The molecule has 0 bridgehead atoms. The van der Waals surface area contributed by atoms with Crippen molar-refractivity contribution in [3.8, 4) is 0 Å². The summed E-state index contributed by atoms with van der Waals surface area (Å²) in [5, 5.41) is 0.646. The van der Waals surface area contributed by atoms with Gasteiger partial charge in [0, 0.05) is 25.0 Å². The highest BCUT2D eigenvalue weighted by Crippen LogP contribution is 2.44. The highest BCUT2D eigenvalue weighted by atomic mass is 35.5. The Labute approximate surface area is 177 Å². The molecule has 1 saturated carbocycles. The fraction of sp³-hybridized carbons (Fsp3) is 0.500. The molecule has 2 aliphatic heterocycles. The highest BCUT2D eigenvalue weighted by Gasteiger charge is 2.43. The third-order valence-electron chi connectivity index (χ3n) is 6.82. The average Bonchev–Trinajstić information content (AvgIpc) is 3.51. The molecule has 0 N–H and O–H groups in total. The van der Waals surface area contributed by atoms with Crippen LogP contribution >= 0.6 is 11.6 Å². The Kier molecular flexibility index (Phi) is 5.09. The molecule has 2 aromatic rings. The molecule has 0 spiro atoms. The van der Waals surface area contributed by atoms with E-state index < -0.39 is 0 Å². The molecule has 1 atom stereocenters. The Morgan fingerprint density at radius 1 is 1.07 bits per heavy atom. The summed E-state index contributed by atoms with van der Waals surface area (Å²) >= 11 is 6.60. The van der Waals surface area contributed by atoms with E-state index in [0.717, 1.165) is 50.0 Å². The molecule has 3 aliphatic rings. The molecule has 29 heavy (non-hydrogen) atoms. The van der Waals surface area contributed by atoms with Crippen LogP contribution in [0.3, 0.4) is 0 Å². The lowest BCUT2D eigenvalue weighted by Gasteiger charge is -2.32. The van der Waals surface area contributed by atoms with Gasteiger partial charge in [0.2, 0.25) is 0 Å². The number of carbonyl (C=O) groups is 1. The third-order valence-corrected chi connectivity index (χ3v) is 7.12. The number of rotatable bonds is 5. The van der Waals surface area contributed by atoms with Crippen molar-refractivity contribution in [1.82, 2.24) is 14.8 Å². The van der Waals surface area contributed by atoms with Crippen LogP contribution < -0.4 is 0 Å². The number of hydrogen-bond acceptors (Lipinski definition) is 3. The van der Waals surface area contributed by atoms with Gasteiger partial charge in [-0.15, -0.1) is 0 Å². The van der Waals surface area contributed by atoms with Gasteiger partial charge < -0.3 is 4.90 Å². The van der Waals surface area contributed by atoms with Gasteiger partial charge in [0.25, 0.3) is 5.91 Å². The number of piperidine rings is 1. The Balaban J connectivity index is 1.23. The first-order valence-electron chi connectivity index (χ1n) is 10.9. The van der Waals surface area contributed by atoms with E-state index in [4.69, 9.17) is 11.6 Å². The van der Waals surface area contributed by atoms with E-state index in [1.54, 1.807) is 0 Å². The molecule has 0 radical (unpaired) electrons. The number of pyridine rings is 1. The maximum Gasteiger partial charge on any atom is 0.256 e. The van der Waals surface area contributed by atoms with Gasteiger partial charge in [0.05, 0.1) is 16.6 Å². The van der Waals surface area contributed by atoms with Gasteiger partial charge in [-0.25, -0.2) is 0 Å². The molecule has 152 valence electrons. The molecule has 1 aliphatic carbocycles. The lowest BCUT2D eigenvalue weighted by Crippen LogP contribution is -2.33. The van der Waals surface area contributed by atoms with Crippen molar-refractivity contribution in [1.29, 1.82) is 0 Å². The number of aromatic nitrogens is 1. The van der Waals surface area contributed by atoms with E-state index in [1.165, 1.54) is 24.0 Å². The van der Waals surface area contributed by atoms with Gasteiger partial charge in [-0.3, -0.25) is 14.7 Å². The number of halogens is 1. The normalized spacial score (nSPS) is 22.9. The van der Waals surface area contributed by atoms with Gasteiger partial charge in [-0.05, 0) is 92.9 Å². The summed E-state index contributed by atoms with van der Waals surface area (Å²) in [6.45, 7) is 5.43. The average molecular weight is 410 g/mol. The van der Waals surface area contributed by atoms with Crippen LogP contribution in [0.4, 0.5) is 0 Å². The van der Waals surface area contributed by atoms with E-state index in [2.05, 4.69) is 39.9 Å². The fourth-order valence-corrected chi connectivity index (χ4v) is 5.41. The monoisotopic (exact) mass is 409 g/mol. The number of benzene rings is 1. The maximum absolute atomic E-state index is 12.8. The zero-order chi connectivity index (χ0) is 20.0. The Morgan fingerprint density at radius 2 is 1.79 bits per heavy atom. The van der Waals surface area contributed by atoms with Crippen molar-refractivity contribution in [2.24, 2.45) is 5.92 Å². The molecule has 1 unspecified atom stereocenters. The summed E-state index contributed by atoms with van der Waals surface area (Å²) in [7, 11) is 0. The van der Waals surface area contributed by atoms with E-state index >= 15 is 0 Å². The van der Waals surface area contributed by atoms with Crippen LogP contribution in [-0.4, -0.2) is 39.8 Å². The molecule has 1 saturated heterocycles. The molecule has 1 amide bonds. The number of likely N-dealkylation sites (tertiary alicyclic amines) is 1. The maximum atomic E-state index is 12.8. The minimum Gasteiger partial charge on any atom is -0.329 e. The summed E-state index contributed by atoms with van der Waals surface area (Å²) < 4.78 is 0. The molecular weight excluding hydrogens is 382 g/mol. The number of hydrogen-bond donors (Lipinski definition) is 0. The van der Waals surface area contributed by atoms with Gasteiger partial charge in [0.15, 0.2) is 0 Å². The van der Waals surface area contributed by atoms with Gasteiger partial charge in [-0.1, -0.05) is 17.7 Å². The quantitative estimate of drug-likeness (QED) is 0.706. The molecule has 1 aromatic heterocycles. The van der Waals surface area contributed by atoms with E-state index in [9.17, 15) is 4.79 Å². The third kappa shape index (κ3) is 3.80. The number of carbonyl (C=O) groups excluding carboxylic acids is 1. The van der Waals surface area contributed by atoms with Gasteiger partial charge in [-0.2, -0.15) is 0 Å². The SMILES string of the molecule is CC1c2cc(CC3CCN(Cc4ccncc4)CC3)cc(Cl)c2C(=O)N1C1CC1. The largest absolute Gasteiger partial charge is 0.329 e. The van der Waals surface area contributed by atoms with E-state index in [0.29, 0.717) is 17.0 Å². The number of fused-ring (bicyclic) bond motifs is 1. The fourth-order valence-electron chi connectivity index (χ4n) is 5.08. The van der Waals surface area contributed by atoms with Crippen molar-refractivity contribution in [3.63, 3.8) is 0 Å². The second-order valence-corrected chi connectivity index (χ2v) is 9.35. The van der Waals surface area contributed by atoms with Crippen molar-refractivity contribution < 1.29 is 4.79 Å². The van der Waals surface area contributed by atoms with Crippen LogP contribution in [0.1, 0.15) is 65.7 Å². The number of amides is 1. The molecular formula is C24H28ClN3O. The van der Waals surface area contributed by atoms with Crippen molar-refractivity contribution in [3.05, 3.63) is 63.9 Å². The molecule has 4 nitrogen and oxygen atoms in total. The second kappa shape index (κ2) is 7.73. The molecule has 1 aromatic carbocycles. The summed E-state index contributed by atoms with van der Waals surface area (Å²) in [6.07, 6.45) is 9.48. The van der Waals surface area contributed by atoms with Crippen LogP contribution in [0.25, 0.3) is 0 Å². The number of nitrogens with zero attached hydrogens (tertiary/aromatic N) is 3. The van der Waals surface area contributed by atoms with Crippen molar-refractivity contribution >= 4 is 17.5 Å². The standard InChI is InChI=1S/C24H28ClN3O/c1-16-21-13-19(14-22(25)23(21)24(29)28(16)20-2-3-20)12-17-6-10-27(11-7-17)15-18-4-8-26-9-5-18/h4-5,8-9,13-14,16-17,20H,2-3,6-7,10-12,15H2,1H3. The van der Waals surface area contributed by atoms with Crippen molar-refractivity contribution in [2.45, 2.75) is 57.7 Å². The van der Waals surface area contributed by atoms with Crippen LogP contribution in [0.15, 0.2) is 36.7 Å². The topological polar surface area (TPSA) is 36.4 Å². The molecule has 5 rings (SSSR count). The first kappa shape index (κ1) is 19.1. The van der Waals surface area contributed by atoms with Crippen LogP contribution in [-0.2, 0) is 13.0 Å². The Morgan fingerprint density at radius 3 is 2.48 bits per heavy atom. The smallest absolute Gasteiger partial charge is 0.256 e. The predicted molar refractivity (Wildman–Crippen MR) is 115 cm³/mol. The Bertz CT molecular complexity index is 904. The predicted octanol–water partition coefficient (Wildman–Crippen LogP) is 4.87. The minimum absolute atomic E-state index is 0.135.